The van der Waals surface area contributed by atoms with E-state index in [1.807, 2.05) is 0 Å². The number of carbonyl (C=O) groups excluding carboxylic acids is 1. The minimum Gasteiger partial charge on any atom is -0.349 e. The highest BCUT2D eigenvalue weighted by molar-refractivity contribution is 5.79. The van der Waals surface area contributed by atoms with Crippen LogP contribution in [0.5, 0.6) is 0 Å². The van der Waals surface area contributed by atoms with Crippen LogP contribution in [0, 0.1) is 5.92 Å². The summed E-state index contributed by atoms with van der Waals surface area (Å²) in [5.74, 6) is 1.43. The summed E-state index contributed by atoms with van der Waals surface area (Å²) in [7, 11) is 0. The van der Waals surface area contributed by atoms with Crippen molar-refractivity contribution < 1.29 is 4.79 Å². The van der Waals surface area contributed by atoms with Crippen molar-refractivity contribution in [1.29, 1.82) is 0 Å². The van der Waals surface area contributed by atoms with E-state index in [2.05, 4.69) is 41.1 Å². The lowest BCUT2D eigenvalue weighted by molar-refractivity contribution is -0.126. The molecule has 1 aliphatic rings. The van der Waals surface area contributed by atoms with Gasteiger partial charge in [-0.2, -0.15) is 0 Å². The van der Waals surface area contributed by atoms with Gasteiger partial charge in [-0.1, -0.05) is 122 Å². The van der Waals surface area contributed by atoms with Crippen LogP contribution in [-0.2, 0) is 17.9 Å². The van der Waals surface area contributed by atoms with Crippen LogP contribution in [0.2, 0.25) is 0 Å². The summed E-state index contributed by atoms with van der Waals surface area (Å²) in [5.41, 5.74) is 2.24. The number of unbranched alkanes of at least 4 members (excludes halogenated alkanes) is 13. The van der Waals surface area contributed by atoms with Crippen LogP contribution in [0.4, 0.5) is 0 Å². The van der Waals surface area contributed by atoms with Gasteiger partial charge in [0.1, 0.15) is 5.82 Å². The van der Waals surface area contributed by atoms with Gasteiger partial charge in [0.2, 0.25) is 5.91 Å². The van der Waals surface area contributed by atoms with E-state index in [4.69, 9.17) is 4.98 Å². The number of imidazole rings is 1. The molecule has 1 heterocycles. The summed E-state index contributed by atoms with van der Waals surface area (Å²) >= 11 is 0. The van der Waals surface area contributed by atoms with Crippen molar-refractivity contribution in [2.24, 2.45) is 5.92 Å². The highest BCUT2D eigenvalue weighted by Crippen LogP contribution is 2.24. The Hall–Kier alpha value is -1.84. The topological polar surface area (TPSA) is 46.9 Å². The number of hydrogen-bond donors (Lipinski definition) is 1. The smallest absolute Gasteiger partial charge is 0.223 e. The summed E-state index contributed by atoms with van der Waals surface area (Å²) in [6.45, 7) is 3.83. The van der Waals surface area contributed by atoms with Crippen LogP contribution in [0.15, 0.2) is 24.3 Å². The summed E-state index contributed by atoms with van der Waals surface area (Å²) in [6.07, 6.45) is 25.1. The van der Waals surface area contributed by atoms with Crippen molar-refractivity contribution in [2.45, 2.75) is 142 Å². The van der Waals surface area contributed by atoms with Gasteiger partial charge in [0.05, 0.1) is 17.6 Å². The lowest BCUT2D eigenvalue weighted by Gasteiger charge is -2.20. The summed E-state index contributed by atoms with van der Waals surface area (Å²) in [6, 6.07) is 8.40. The Kier molecular flexibility index (Phi) is 13.3. The van der Waals surface area contributed by atoms with E-state index in [9.17, 15) is 4.79 Å². The number of nitrogens with zero attached hydrogens (tertiary/aromatic N) is 2. The van der Waals surface area contributed by atoms with E-state index in [1.165, 1.54) is 115 Å². The average molecular weight is 482 g/mol. The van der Waals surface area contributed by atoms with Crippen LogP contribution in [0.3, 0.4) is 0 Å². The first-order chi connectivity index (χ1) is 17.3. The van der Waals surface area contributed by atoms with Crippen molar-refractivity contribution in [3.8, 4) is 0 Å². The zero-order chi connectivity index (χ0) is 24.6. The molecule has 1 aromatic carbocycles. The molecule has 2 aromatic rings. The second kappa shape index (κ2) is 16.8. The Balaban J connectivity index is 1.32. The predicted octanol–water partition coefficient (Wildman–Crippen LogP) is 8.71. The van der Waals surface area contributed by atoms with Crippen LogP contribution in [0.1, 0.15) is 135 Å². The molecule has 4 heteroatoms. The molecule has 1 aliphatic carbocycles. The van der Waals surface area contributed by atoms with Crippen LogP contribution in [-0.4, -0.2) is 15.5 Å². The van der Waals surface area contributed by atoms with Gasteiger partial charge in [0.25, 0.3) is 0 Å². The number of aryl methyl sites for hydroxylation is 1. The molecule has 0 saturated heterocycles. The molecule has 1 fully saturated rings. The van der Waals surface area contributed by atoms with Gasteiger partial charge in [-0.05, 0) is 31.4 Å². The lowest BCUT2D eigenvalue weighted by atomic mass is 9.89. The molecule has 0 unspecified atom stereocenters. The maximum atomic E-state index is 12.6. The minimum atomic E-state index is 0.201. The number of carbonyl (C=O) groups is 1. The lowest BCUT2D eigenvalue weighted by Crippen LogP contribution is -2.32. The average Bonchev–Trinajstić information content (AvgIpc) is 3.25. The second-order valence-electron chi connectivity index (χ2n) is 10.8. The van der Waals surface area contributed by atoms with Gasteiger partial charge in [-0.25, -0.2) is 4.98 Å². The van der Waals surface area contributed by atoms with Crippen molar-refractivity contribution in [1.82, 2.24) is 14.9 Å². The third-order valence-corrected chi connectivity index (χ3v) is 7.87. The number of fused-ring (bicyclic) bond motifs is 1. The number of amides is 1. The van der Waals surface area contributed by atoms with Gasteiger partial charge in [0.15, 0.2) is 0 Å². The van der Waals surface area contributed by atoms with Crippen molar-refractivity contribution in [3.63, 3.8) is 0 Å². The Morgan fingerprint density at radius 2 is 1.40 bits per heavy atom. The Labute approximate surface area is 214 Å². The largest absolute Gasteiger partial charge is 0.349 e. The fraction of sp³-hybridized carbons (Fsp3) is 0.742. The second-order valence-corrected chi connectivity index (χ2v) is 10.8. The van der Waals surface area contributed by atoms with E-state index in [0.29, 0.717) is 6.54 Å². The van der Waals surface area contributed by atoms with E-state index >= 15 is 0 Å². The SMILES string of the molecule is CCCCCCCCCCCCCCCCn1c(CNC(=O)C2CCCCC2)nc2ccccc21. The number of para-hydroxylation sites is 2. The molecule has 1 N–H and O–H groups in total. The van der Waals surface area contributed by atoms with Crippen molar-refractivity contribution in [3.05, 3.63) is 30.1 Å². The Bertz CT molecular complexity index is 837. The molecule has 0 aliphatic heterocycles. The third kappa shape index (κ3) is 9.97. The third-order valence-electron chi connectivity index (χ3n) is 7.87. The molecule has 1 amide bonds. The molecule has 0 spiro atoms. The first-order valence-corrected chi connectivity index (χ1v) is 15.0. The molecule has 0 bridgehead atoms. The molecule has 4 nitrogen and oxygen atoms in total. The van der Waals surface area contributed by atoms with Gasteiger partial charge in [0, 0.05) is 12.5 Å². The maximum absolute atomic E-state index is 12.6. The Morgan fingerprint density at radius 1 is 0.829 bits per heavy atom. The zero-order valence-corrected chi connectivity index (χ0v) is 22.5. The summed E-state index contributed by atoms with van der Waals surface area (Å²) in [5, 5.41) is 3.20. The van der Waals surface area contributed by atoms with Crippen LogP contribution in [0.25, 0.3) is 11.0 Å². The van der Waals surface area contributed by atoms with Gasteiger partial charge >= 0.3 is 0 Å². The minimum absolute atomic E-state index is 0.201. The van der Waals surface area contributed by atoms with E-state index in [1.54, 1.807) is 0 Å². The van der Waals surface area contributed by atoms with E-state index in [0.717, 1.165) is 30.7 Å². The highest BCUT2D eigenvalue weighted by atomic mass is 16.1. The number of benzene rings is 1. The van der Waals surface area contributed by atoms with E-state index in [-0.39, 0.29) is 11.8 Å². The predicted molar refractivity (Wildman–Crippen MR) is 148 cm³/mol. The highest BCUT2D eigenvalue weighted by Gasteiger charge is 2.21. The molecule has 35 heavy (non-hydrogen) atoms. The van der Waals surface area contributed by atoms with Crippen LogP contribution >= 0.6 is 0 Å². The molecule has 196 valence electrons. The molecule has 1 aromatic heterocycles. The molecular weight excluding hydrogens is 430 g/mol. The summed E-state index contributed by atoms with van der Waals surface area (Å²) in [4.78, 5) is 17.5. The molecule has 1 saturated carbocycles. The maximum Gasteiger partial charge on any atom is 0.223 e. The monoisotopic (exact) mass is 481 g/mol. The normalized spacial score (nSPS) is 14.5. The summed E-state index contributed by atoms with van der Waals surface area (Å²) < 4.78 is 2.34. The van der Waals surface area contributed by atoms with Crippen LogP contribution < -0.4 is 5.32 Å². The molecule has 0 radical (unpaired) electrons. The number of rotatable bonds is 18. The molecule has 0 atom stereocenters. The number of aromatic nitrogens is 2. The fourth-order valence-electron chi connectivity index (χ4n) is 5.65. The zero-order valence-electron chi connectivity index (χ0n) is 22.5. The van der Waals surface area contributed by atoms with E-state index < -0.39 is 0 Å². The fourth-order valence-corrected chi connectivity index (χ4v) is 5.65. The quantitative estimate of drug-likeness (QED) is 0.216. The van der Waals surface area contributed by atoms with Gasteiger partial charge < -0.3 is 9.88 Å². The molecule has 3 rings (SSSR count). The Morgan fingerprint density at radius 3 is 2.03 bits per heavy atom. The number of hydrogen-bond acceptors (Lipinski definition) is 2. The number of nitrogens with one attached hydrogen (secondary N) is 1. The van der Waals surface area contributed by atoms with Gasteiger partial charge in [-0.15, -0.1) is 0 Å². The first-order valence-electron chi connectivity index (χ1n) is 15.0. The standard InChI is InChI=1S/C31H51N3O/c1-2-3-4-5-6-7-8-9-10-11-12-13-14-20-25-34-29-24-19-18-23-28(29)33-30(34)26-32-31(35)27-21-16-15-17-22-27/h18-19,23-24,27H,2-17,20-22,25-26H2,1H3,(H,32,35). The van der Waals surface area contributed by atoms with Crippen molar-refractivity contribution >= 4 is 16.9 Å². The first kappa shape index (κ1) is 27.7. The van der Waals surface area contributed by atoms with Gasteiger partial charge in [-0.3, -0.25) is 4.79 Å². The van der Waals surface area contributed by atoms with Crippen molar-refractivity contribution in [2.75, 3.05) is 0 Å². The molecular formula is C31H51N3O.